The van der Waals surface area contributed by atoms with E-state index in [9.17, 15) is 9.59 Å². The van der Waals surface area contributed by atoms with Crippen molar-refractivity contribution in [2.75, 3.05) is 38.7 Å². The number of hydrogen-bond donors (Lipinski definition) is 2. The zero-order valence-electron chi connectivity index (χ0n) is 18.9. The van der Waals surface area contributed by atoms with Crippen LogP contribution in [-0.2, 0) is 4.79 Å². The van der Waals surface area contributed by atoms with Gasteiger partial charge in [0, 0.05) is 36.4 Å². The minimum atomic E-state index is -0.273. The van der Waals surface area contributed by atoms with E-state index < -0.39 is 0 Å². The second-order valence-corrected chi connectivity index (χ2v) is 8.04. The van der Waals surface area contributed by atoms with Crippen LogP contribution < -0.4 is 20.1 Å². The van der Waals surface area contributed by atoms with Crippen molar-refractivity contribution >= 4 is 17.5 Å². The lowest BCUT2D eigenvalue weighted by Crippen LogP contribution is -2.44. The molecule has 0 saturated carbocycles. The Kier molecular flexibility index (Phi) is 8.92. The molecule has 3 rings (SSSR count). The first kappa shape index (κ1) is 23.6. The summed E-state index contributed by atoms with van der Waals surface area (Å²) in [7, 11) is 1.57. The maximum Gasteiger partial charge on any atom is 0.262 e. The lowest BCUT2D eigenvalue weighted by molar-refractivity contribution is -0.118. The first-order valence-corrected chi connectivity index (χ1v) is 11.3. The smallest absolute Gasteiger partial charge is 0.262 e. The number of benzene rings is 2. The summed E-state index contributed by atoms with van der Waals surface area (Å²) in [5.74, 6) is 0.857. The molecule has 2 amide bonds. The Bertz CT molecular complexity index is 877. The van der Waals surface area contributed by atoms with E-state index in [4.69, 9.17) is 9.47 Å². The molecule has 0 atom stereocenters. The van der Waals surface area contributed by atoms with Gasteiger partial charge in [0.25, 0.3) is 11.8 Å². The van der Waals surface area contributed by atoms with Crippen LogP contribution in [0.15, 0.2) is 48.5 Å². The van der Waals surface area contributed by atoms with E-state index in [1.54, 1.807) is 55.6 Å². The fourth-order valence-electron chi connectivity index (χ4n) is 3.70. The van der Waals surface area contributed by atoms with E-state index in [0.717, 1.165) is 32.5 Å². The van der Waals surface area contributed by atoms with Crippen molar-refractivity contribution < 1.29 is 19.1 Å². The van der Waals surface area contributed by atoms with E-state index in [0.29, 0.717) is 22.7 Å². The van der Waals surface area contributed by atoms with Gasteiger partial charge < -0.3 is 25.0 Å². The third-order valence-electron chi connectivity index (χ3n) is 5.59. The maximum atomic E-state index is 12.6. The van der Waals surface area contributed by atoms with E-state index in [1.807, 2.05) is 0 Å². The normalized spacial score (nSPS) is 14.6. The molecule has 7 heteroatoms. The predicted octanol–water partition coefficient (Wildman–Crippen LogP) is 3.71. The molecule has 0 aromatic heterocycles. The Balaban J connectivity index is 1.41. The minimum Gasteiger partial charge on any atom is -0.497 e. The minimum absolute atomic E-state index is 0.0701. The van der Waals surface area contributed by atoms with Gasteiger partial charge in [-0.15, -0.1) is 0 Å². The molecule has 0 aliphatic carbocycles. The second kappa shape index (κ2) is 12.1. The summed E-state index contributed by atoms with van der Waals surface area (Å²) in [4.78, 5) is 27.2. The number of nitrogens with zero attached hydrogens (tertiary/aromatic N) is 1. The average molecular weight is 440 g/mol. The number of piperidine rings is 1. The van der Waals surface area contributed by atoms with Gasteiger partial charge in [0.15, 0.2) is 6.61 Å². The summed E-state index contributed by atoms with van der Waals surface area (Å²) in [6.45, 7) is 5.31. The zero-order valence-corrected chi connectivity index (χ0v) is 18.9. The van der Waals surface area contributed by atoms with Gasteiger partial charge in [-0.25, -0.2) is 0 Å². The Labute approximate surface area is 190 Å². The number of anilines is 1. The number of hydrogen-bond acceptors (Lipinski definition) is 5. The first-order valence-electron chi connectivity index (χ1n) is 11.3. The van der Waals surface area contributed by atoms with Crippen molar-refractivity contribution in [3.05, 3.63) is 54.1 Å². The van der Waals surface area contributed by atoms with Gasteiger partial charge >= 0.3 is 0 Å². The van der Waals surface area contributed by atoms with E-state index in [2.05, 4.69) is 22.5 Å². The van der Waals surface area contributed by atoms with E-state index in [-0.39, 0.29) is 24.5 Å². The number of nitrogens with one attached hydrogen (secondary N) is 2. The van der Waals surface area contributed by atoms with Crippen molar-refractivity contribution in [3.8, 4) is 11.5 Å². The molecule has 1 aliphatic rings. The van der Waals surface area contributed by atoms with Crippen LogP contribution in [0.25, 0.3) is 0 Å². The molecule has 1 fully saturated rings. The van der Waals surface area contributed by atoms with Crippen LogP contribution in [0.1, 0.15) is 43.0 Å². The highest BCUT2D eigenvalue weighted by Gasteiger charge is 2.20. The van der Waals surface area contributed by atoms with Crippen molar-refractivity contribution in [2.24, 2.45) is 0 Å². The van der Waals surface area contributed by atoms with E-state index in [1.165, 1.54) is 12.8 Å². The number of methoxy groups -OCH3 is 1. The van der Waals surface area contributed by atoms with Crippen LogP contribution in [0, 0.1) is 0 Å². The summed E-state index contributed by atoms with van der Waals surface area (Å²) >= 11 is 0. The van der Waals surface area contributed by atoms with Crippen LogP contribution in [0.4, 0.5) is 5.69 Å². The molecule has 7 nitrogen and oxygen atoms in total. The Morgan fingerprint density at radius 3 is 2.50 bits per heavy atom. The van der Waals surface area contributed by atoms with Gasteiger partial charge in [0.05, 0.1) is 7.11 Å². The van der Waals surface area contributed by atoms with Gasteiger partial charge in [0.2, 0.25) is 0 Å². The van der Waals surface area contributed by atoms with E-state index >= 15 is 0 Å². The number of unbranched alkanes of at least 4 members (excludes halogenated alkanes) is 1. The Hall–Kier alpha value is -3.06. The number of ether oxygens (including phenoxy) is 2. The monoisotopic (exact) mass is 439 g/mol. The lowest BCUT2D eigenvalue weighted by atomic mass is 10.0. The van der Waals surface area contributed by atoms with Crippen molar-refractivity contribution in [1.29, 1.82) is 0 Å². The van der Waals surface area contributed by atoms with Gasteiger partial charge in [-0.3, -0.25) is 9.59 Å². The molecule has 2 N–H and O–H groups in total. The molecule has 2 aromatic carbocycles. The number of likely N-dealkylation sites (tertiary alicyclic amines) is 1. The maximum absolute atomic E-state index is 12.6. The predicted molar refractivity (Wildman–Crippen MR) is 125 cm³/mol. The third-order valence-corrected chi connectivity index (χ3v) is 5.59. The third kappa shape index (κ3) is 7.27. The summed E-state index contributed by atoms with van der Waals surface area (Å²) in [5.41, 5.74) is 1.23. The van der Waals surface area contributed by atoms with Crippen LogP contribution in [0.5, 0.6) is 11.5 Å². The molecule has 0 bridgehead atoms. The average Bonchev–Trinajstić information content (AvgIpc) is 2.82. The summed E-state index contributed by atoms with van der Waals surface area (Å²) in [6.07, 6.45) is 4.41. The second-order valence-electron chi connectivity index (χ2n) is 8.04. The first-order chi connectivity index (χ1) is 15.6. The Morgan fingerprint density at radius 2 is 1.81 bits per heavy atom. The highest BCUT2D eigenvalue weighted by Crippen LogP contribution is 2.17. The summed E-state index contributed by atoms with van der Waals surface area (Å²) < 4.78 is 10.7. The zero-order chi connectivity index (χ0) is 22.8. The summed E-state index contributed by atoms with van der Waals surface area (Å²) in [6, 6.07) is 14.2. The Morgan fingerprint density at radius 1 is 1.06 bits per heavy atom. The van der Waals surface area contributed by atoms with Gasteiger partial charge in [0.1, 0.15) is 11.5 Å². The fraction of sp³-hybridized carbons (Fsp3) is 0.440. The molecule has 0 unspecified atom stereocenters. The molecular formula is C25H33N3O4. The molecule has 1 heterocycles. The summed E-state index contributed by atoms with van der Waals surface area (Å²) in [5, 5.41) is 5.90. The van der Waals surface area contributed by atoms with Gasteiger partial charge in [-0.1, -0.05) is 19.4 Å². The van der Waals surface area contributed by atoms with Crippen molar-refractivity contribution in [1.82, 2.24) is 10.2 Å². The highest BCUT2D eigenvalue weighted by atomic mass is 16.5. The SMILES string of the molecule is CCCCN1CCC(NC(=O)c2ccc(OCC(=O)Nc3cccc(OC)c3)cc2)CC1. The molecule has 2 aromatic rings. The molecule has 32 heavy (non-hydrogen) atoms. The molecule has 1 saturated heterocycles. The molecule has 0 spiro atoms. The topological polar surface area (TPSA) is 79.9 Å². The van der Waals surface area contributed by atoms with Crippen LogP contribution in [-0.4, -0.2) is 56.1 Å². The quantitative estimate of drug-likeness (QED) is 0.590. The number of rotatable bonds is 10. The lowest BCUT2D eigenvalue weighted by Gasteiger charge is -2.32. The van der Waals surface area contributed by atoms with Crippen LogP contribution in [0.3, 0.4) is 0 Å². The van der Waals surface area contributed by atoms with Crippen molar-refractivity contribution in [3.63, 3.8) is 0 Å². The molecular weight excluding hydrogens is 406 g/mol. The van der Waals surface area contributed by atoms with Gasteiger partial charge in [-0.2, -0.15) is 0 Å². The highest BCUT2D eigenvalue weighted by molar-refractivity contribution is 5.94. The molecule has 1 aliphatic heterocycles. The van der Waals surface area contributed by atoms with Crippen molar-refractivity contribution in [2.45, 2.75) is 38.6 Å². The van der Waals surface area contributed by atoms with Gasteiger partial charge in [-0.05, 0) is 62.2 Å². The number of carbonyl (C=O) groups excluding carboxylic acids is 2. The largest absolute Gasteiger partial charge is 0.497 e. The standard InChI is InChI=1S/C25H33N3O4/c1-3-4-14-28-15-12-20(13-16-28)27-25(30)19-8-10-22(11-9-19)32-18-24(29)26-21-6-5-7-23(17-21)31-2/h5-11,17,20H,3-4,12-16,18H2,1-2H3,(H,26,29)(H,27,30). The molecule has 0 radical (unpaired) electrons. The number of carbonyl (C=O) groups is 2. The fourth-order valence-corrected chi connectivity index (χ4v) is 3.70. The number of amides is 2. The van der Waals surface area contributed by atoms with Crippen LogP contribution >= 0.6 is 0 Å². The molecule has 172 valence electrons. The van der Waals surface area contributed by atoms with Crippen LogP contribution in [0.2, 0.25) is 0 Å².